The maximum absolute atomic E-state index is 13.3. The molecule has 0 spiro atoms. The molecule has 0 amide bonds. The highest BCUT2D eigenvalue weighted by Crippen LogP contribution is 2.33. The number of rotatable bonds is 4. The van der Waals surface area contributed by atoms with Crippen molar-refractivity contribution in [2.75, 3.05) is 0 Å². The fraction of sp³-hybridized carbons (Fsp3) is 0.0909. The molecule has 0 fully saturated rings. The number of hydrogen-bond donors (Lipinski definition) is 0. The average molecular weight is 481 g/mol. The number of para-hydroxylation sites is 1. The SMILES string of the molecule is O=c1c2ccccc2nc(CSc2cc(Cl)ccc2Cl)n1-c1cccc(C(F)(F)F)c1. The largest absolute Gasteiger partial charge is 0.416 e. The number of thioether (sulfide) groups is 1. The minimum Gasteiger partial charge on any atom is -0.268 e. The molecule has 3 nitrogen and oxygen atoms in total. The standard InChI is InChI=1S/C22H13Cl2F3N2OS/c23-14-8-9-17(24)19(11-14)31-12-20-28-18-7-2-1-6-16(18)21(30)29(20)15-5-3-4-13(10-15)22(25,26)27/h1-11H,12H2. The van der Waals surface area contributed by atoms with Crippen LogP contribution in [0.3, 0.4) is 0 Å². The zero-order chi connectivity index (χ0) is 22.2. The van der Waals surface area contributed by atoms with Crippen molar-refractivity contribution < 1.29 is 13.2 Å². The Balaban J connectivity index is 1.86. The zero-order valence-electron chi connectivity index (χ0n) is 15.7. The Morgan fingerprint density at radius 2 is 1.74 bits per heavy atom. The minimum absolute atomic E-state index is 0.0888. The number of hydrogen-bond acceptors (Lipinski definition) is 3. The van der Waals surface area contributed by atoms with Gasteiger partial charge < -0.3 is 0 Å². The van der Waals surface area contributed by atoms with Gasteiger partial charge in [0.2, 0.25) is 0 Å². The summed E-state index contributed by atoms with van der Waals surface area (Å²) in [6.07, 6.45) is -4.53. The van der Waals surface area contributed by atoms with Gasteiger partial charge in [0.05, 0.1) is 32.9 Å². The third-order valence-electron chi connectivity index (χ3n) is 4.53. The Bertz CT molecular complexity index is 1340. The van der Waals surface area contributed by atoms with Gasteiger partial charge in [-0.1, -0.05) is 41.4 Å². The van der Waals surface area contributed by atoms with Crippen LogP contribution in [0.2, 0.25) is 10.0 Å². The van der Waals surface area contributed by atoms with Gasteiger partial charge >= 0.3 is 6.18 Å². The van der Waals surface area contributed by atoms with Crippen molar-refractivity contribution in [3.63, 3.8) is 0 Å². The molecule has 0 aliphatic heterocycles. The van der Waals surface area contributed by atoms with E-state index < -0.39 is 17.3 Å². The van der Waals surface area contributed by atoms with Crippen molar-refractivity contribution >= 4 is 45.9 Å². The van der Waals surface area contributed by atoms with Crippen molar-refractivity contribution in [1.82, 2.24) is 9.55 Å². The molecule has 0 radical (unpaired) electrons. The van der Waals surface area contributed by atoms with Crippen LogP contribution in [-0.4, -0.2) is 9.55 Å². The lowest BCUT2D eigenvalue weighted by molar-refractivity contribution is -0.137. The van der Waals surface area contributed by atoms with Crippen LogP contribution < -0.4 is 5.56 Å². The molecule has 158 valence electrons. The smallest absolute Gasteiger partial charge is 0.268 e. The highest BCUT2D eigenvalue weighted by Gasteiger charge is 2.30. The number of benzene rings is 3. The Morgan fingerprint density at radius 1 is 0.968 bits per heavy atom. The van der Waals surface area contributed by atoms with Crippen LogP contribution in [0, 0.1) is 0 Å². The number of aromatic nitrogens is 2. The van der Waals surface area contributed by atoms with Crippen LogP contribution in [0.15, 0.2) is 76.4 Å². The molecule has 0 saturated carbocycles. The molecule has 1 heterocycles. The molecular formula is C22H13Cl2F3N2OS. The monoisotopic (exact) mass is 480 g/mol. The van der Waals surface area contributed by atoms with Gasteiger partial charge in [0.1, 0.15) is 5.82 Å². The molecule has 3 aromatic carbocycles. The van der Waals surface area contributed by atoms with Gasteiger partial charge in [0.15, 0.2) is 0 Å². The summed E-state index contributed by atoms with van der Waals surface area (Å²) in [6.45, 7) is 0. The number of fused-ring (bicyclic) bond motifs is 1. The normalized spacial score (nSPS) is 11.8. The first-order valence-electron chi connectivity index (χ1n) is 9.00. The zero-order valence-corrected chi connectivity index (χ0v) is 18.0. The van der Waals surface area contributed by atoms with Crippen molar-refractivity contribution in [3.05, 3.63) is 98.5 Å². The number of halogens is 5. The Morgan fingerprint density at radius 3 is 2.52 bits per heavy atom. The van der Waals surface area contributed by atoms with Gasteiger partial charge in [-0.05, 0) is 48.5 Å². The molecule has 0 unspecified atom stereocenters. The molecule has 0 bridgehead atoms. The lowest BCUT2D eigenvalue weighted by Gasteiger charge is -2.15. The molecule has 4 aromatic rings. The number of alkyl halides is 3. The Labute approximate surface area is 189 Å². The van der Waals surface area contributed by atoms with Crippen LogP contribution in [0.25, 0.3) is 16.6 Å². The minimum atomic E-state index is -4.53. The van der Waals surface area contributed by atoms with E-state index in [0.717, 1.165) is 12.1 Å². The molecule has 0 N–H and O–H groups in total. The summed E-state index contributed by atoms with van der Waals surface area (Å²) in [7, 11) is 0. The average Bonchev–Trinajstić information content (AvgIpc) is 2.74. The quantitative estimate of drug-likeness (QED) is 0.295. The van der Waals surface area contributed by atoms with Gasteiger partial charge in [-0.15, -0.1) is 11.8 Å². The summed E-state index contributed by atoms with van der Waals surface area (Å²) >= 11 is 13.6. The second-order valence-corrected chi connectivity index (χ2v) is 8.46. The van der Waals surface area contributed by atoms with Crippen molar-refractivity contribution in [2.45, 2.75) is 16.8 Å². The summed E-state index contributed by atoms with van der Waals surface area (Å²) in [5.74, 6) is 0.486. The fourth-order valence-corrected chi connectivity index (χ4v) is 4.51. The molecular weight excluding hydrogens is 468 g/mol. The lowest BCUT2D eigenvalue weighted by Crippen LogP contribution is -2.24. The van der Waals surface area contributed by atoms with Crippen molar-refractivity contribution in [2.24, 2.45) is 0 Å². The van der Waals surface area contributed by atoms with Gasteiger partial charge in [-0.25, -0.2) is 4.98 Å². The first-order chi connectivity index (χ1) is 14.7. The van der Waals surface area contributed by atoms with Crippen LogP contribution in [0.1, 0.15) is 11.4 Å². The Kier molecular flexibility index (Phi) is 6.01. The van der Waals surface area contributed by atoms with E-state index in [9.17, 15) is 18.0 Å². The molecule has 31 heavy (non-hydrogen) atoms. The summed E-state index contributed by atoms with van der Waals surface area (Å²) < 4.78 is 41.0. The molecule has 0 atom stereocenters. The summed E-state index contributed by atoms with van der Waals surface area (Å²) in [4.78, 5) is 18.5. The van der Waals surface area contributed by atoms with Crippen LogP contribution >= 0.6 is 35.0 Å². The van der Waals surface area contributed by atoms with E-state index in [4.69, 9.17) is 23.2 Å². The predicted molar refractivity (Wildman–Crippen MR) is 118 cm³/mol. The lowest BCUT2D eigenvalue weighted by atomic mass is 10.2. The van der Waals surface area contributed by atoms with E-state index in [2.05, 4.69) is 4.98 Å². The summed E-state index contributed by atoms with van der Waals surface area (Å²) in [5.41, 5.74) is -0.742. The van der Waals surface area contributed by atoms with Crippen molar-refractivity contribution in [1.29, 1.82) is 0 Å². The van der Waals surface area contributed by atoms with Gasteiger partial charge in [-0.3, -0.25) is 9.36 Å². The molecule has 1 aromatic heterocycles. The topological polar surface area (TPSA) is 34.9 Å². The number of nitrogens with zero attached hydrogens (tertiary/aromatic N) is 2. The van der Waals surface area contributed by atoms with E-state index in [1.807, 2.05) is 0 Å². The van der Waals surface area contributed by atoms with Gasteiger partial charge in [0, 0.05) is 9.92 Å². The fourth-order valence-electron chi connectivity index (χ4n) is 3.09. The highest BCUT2D eigenvalue weighted by molar-refractivity contribution is 7.98. The van der Waals surface area contributed by atoms with Gasteiger partial charge in [0.25, 0.3) is 5.56 Å². The van der Waals surface area contributed by atoms with Crippen LogP contribution in [0.5, 0.6) is 0 Å². The first kappa shape index (κ1) is 21.7. The van der Waals surface area contributed by atoms with Crippen LogP contribution in [0.4, 0.5) is 13.2 Å². The first-order valence-corrected chi connectivity index (χ1v) is 10.7. The maximum Gasteiger partial charge on any atom is 0.416 e. The summed E-state index contributed by atoms with van der Waals surface area (Å²) in [5, 5.41) is 1.28. The molecule has 4 rings (SSSR count). The second kappa shape index (κ2) is 8.57. The van der Waals surface area contributed by atoms with E-state index in [-0.39, 0.29) is 11.4 Å². The second-order valence-electron chi connectivity index (χ2n) is 6.60. The third kappa shape index (κ3) is 4.59. The van der Waals surface area contributed by atoms with Crippen molar-refractivity contribution in [3.8, 4) is 5.69 Å². The molecule has 9 heteroatoms. The van der Waals surface area contributed by atoms with E-state index >= 15 is 0 Å². The van der Waals surface area contributed by atoms with Gasteiger partial charge in [-0.2, -0.15) is 13.2 Å². The Hall–Kier alpha value is -2.48. The van der Waals surface area contributed by atoms with E-state index in [0.29, 0.717) is 31.7 Å². The van der Waals surface area contributed by atoms with E-state index in [1.54, 1.807) is 42.5 Å². The molecule has 0 saturated heterocycles. The molecule has 0 aliphatic carbocycles. The maximum atomic E-state index is 13.3. The van der Waals surface area contributed by atoms with E-state index in [1.165, 1.54) is 28.5 Å². The third-order valence-corrected chi connectivity index (χ3v) is 6.25. The highest BCUT2D eigenvalue weighted by atomic mass is 35.5. The van der Waals surface area contributed by atoms with Crippen LogP contribution in [-0.2, 0) is 11.9 Å². The summed E-state index contributed by atoms with van der Waals surface area (Å²) in [6, 6.07) is 16.3. The molecule has 0 aliphatic rings. The predicted octanol–water partition coefficient (Wildman–Crippen LogP) is 7.00.